The van der Waals surface area contributed by atoms with Crippen molar-refractivity contribution in [3.63, 3.8) is 0 Å². The largest absolute Gasteiger partial charge is 0.507 e. The molecule has 67 heavy (non-hydrogen) atoms. The lowest BCUT2D eigenvalue weighted by Crippen LogP contribution is -2.17. The fourth-order valence-corrected chi connectivity index (χ4v) is 8.85. The highest BCUT2D eigenvalue weighted by molar-refractivity contribution is 5.98. The number of benzene rings is 7. The van der Waals surface area contributed by atoms with E-state index in [-0.39, 0.29) is 34.2 Å². The van der Waals surface area contributed by atoms with Crippen LogP contribution in [-0.2, 0) is 16.2 Å². The van der Waals surface area contributed by atoms with Crippen molar-refractivity contribution in [2.45, 2.75) is 98.3 Å². The van der Waals surface area contributed by atoms with Crippen LogP contribution in [0.4, 0.5) is 0 Å². The maximum absolute atomic E-state index is 12.6. The molecule has 0 atom stereocenters. The van der Waals surface area contributed by atoms with Gasteiger partial charge in [-0.1, -0.05) is 185 Å². The Bertz CT molecular complexity index is 3580. The van der Waals surface area contributed by atoms with Gasteiger partial charge in [0.05, 0.1) is 34.8 Å². The zero-order chi connectivity index (χ0) is 52.7. The van der Waals surface area contributed by atoms with Gasteiger partial charge >= 0.3 is 0 Å². The third-order valence-electron chi connectivity index (χ3n) is 12.8. The number of phenols is 1. The molecule has 0 aliphatic heterocycles. The van der Waals surface area contributed by atoms with Gasteiger partial charge in [-0.2, -0.15) is 0 Å². The van der Waals surface area contributed by atoms with E-state index in [0.717, 1.165) is 55.8 Å². The molecule has 0 fully saturated rings. The van der Waals surface area contributed by atoms with Crippen LogP contribution in [0.3, 0.4) is 0 Å². The summed E-state index contributed by atoms with van der Waals surface area (Å²) in [6.07, 6.45) is 1.86. The van der Waals surface area contributed by atoms with Crippen LogP contribution in [0.1, 0.15) is 113 Å². The number of nitrogens with zero attached hydrogens (tertiary/aromatic N) is 3. The Morgan fingerprint density at radius 3 is 1.88 bits per heavy atom. The lowest BCUT2D eigenvalue weighted by molar-refractivity contribution is 0.446. The molecule has 0 saturated carbocycles. The Morgan fingerprint density at radius 1 is 0.537 bits per heavy atom. The Labute approximate surface area is 406 Å². The summed E-state index contributed by atoms with van der Waals surface area (Å²) in [7, 11) is 0. The molecule has 336 valence electrons. The highest BCUT2D eigenvalue weighted by Crippen LogP contribution is 2.46. The van der Waals surface area contributed by atoms with Gasteiger partial charge < -0.3 is 5.11 Å². The lowest BCUT2D eigenvalue weighted by Gasteiger charge is -2.27. The number of imidazole rings is 1. The first-order chi connectivity index (χ1) is 34.2. The van der Waals surface area contributed by atoms with Crippen molar-refractivity contribution in [3.05, 3.63) is 192 Å². The number of pyridine rings is 1. The van der Waals surface area contributed by atoms with Crippen molar-refractivity contribution in [1.82, 2.24) is 14.5 Å². The smallest absolute Gasteiger partial charge is 0.149 e. The van der Waals surface area contributed by atoms with E-state index in [0.29, 0.717) is 39.2 Å². The fourth-order valence-electron chi connectivity index (χ4n) is 8.85. The molecule has 1 N–H and O–H groups in total. The van der Waals surface area contributed by atoms with Crippen molar-refractivity contribution >= 4 is 11.0 Å². The summed E-state index contributed by atoms with van der Waals surface area (Å²) in [4.78, 5) is 10.5. The minimum absolute atomic E-state index is 0.000760. The summed E-state index contributed by atoms with van der Waals surface area (Å²) in [5.41, 5.74) is 12.9. The number of fused-ring (bicyclic) bond motifs is 1. The Hall–Kier alpha value is -7.04. The van der Waals surface area contributed by atoms with E-state index in [1.165, 1.54) is 5.56 Å². The molecule has 0 spiro atoms. The maximum atomic E-state index is 12.6. The average Bonchev–Trinajstić information content (AvgIpc) is 3.73. The van der Waals surface area contributed by atoms with E-state index in [4.69, 9.17) is 15.5 Å². The normalized spacial score (nSPS) is 13.7. The van der Waals surface area contributed by atoms with Crippen molar-refractivity contribution in [2.75, 3.05) is 0 Å². The number of aromatic nitrogens is 3. The number of para-hydroxylation sites is 1. The van der Waals surface area contributed by atoms with E-state index >= 15 is 0 Å². The first-order valence-electron chi connectivity index (χ1n) is 26.1. The maximum Gasteiger partial charge on any atom is 0.149 e. The lowest BCUT2D eigenvalue weighted by atomic mass is 9.79. The van der Waals surface area contributed by atoms with E-state index in [9.17, 15) is 7.85 Å². The van der Waals surface area contributed by atoms with Crippen LogP contribution in [0.15, 0.2) is 170 Å². The number of hydrogen-bond acceptors (Lipinski definition) is 3. The molecule has 0 radical (unpaired) electrons. The van der Waals surface area contributed by atoms with Crippen molar-refractivity contribution in [2.24, 2.45) is 0 Å². The number of hydrogen-bond donors (Lipinski definition) is 1. The summed E-state index contributed by atoms with van der Waals surface area (Å²) in [5.74, 6) is -0.644. The molecule has 2 aromatic heterocycles. The molecule has 4 heteroatoms. The first kappa shape index (κ1) is 38.1. The van der Waals surface area contributed by atoms with Gasteiger partial charge in [0.2, 0.25) is 0 Å². The minimum atomic E-state index is -1.11. The topological polar surface area (TPSA) is 50.9 Å². The molecule has 9 aromatic rings. The Balaban J connectivity index is 1.38. The van der Waals surface area contributed by atoms with Gasteiger partial charge in [0, 0.05) is 29.8 Å². The second-order valence-electron chi connectivity index (χ2n) is 21.0. The van der Waals surface area contributed by atoms with Gasteiger partial charge in [-0.15, -0.1) is 0 Å². The highest BCUT2D eigenvalue weighted by atomic mass is 16.3. The zero-order valence-corrected chi connectivity index (χ0v) is 40.6. The standard InChI is InChI=1S/C63H63N3O/c1-40(2)44-27-30-56(52(36-44)43-21-16-13-17-22-43)66-57-24-18-23-51(58(57)65-60(66)53-38-50(62(6,7)8)39-54(59(53)67)63(9,10)11)47-33-46(41-19-14-12-15-20-41)34-48(35-47)55-37-45(31-32-64-55)42-25-28-49(29-26-42)61(3,4)5/h12-40,67H,1-11H3/i13D,16D,17D,21D,22D,40D. The molecular weight excluding hydrogens is 815 g/mol. The number of aromatic hydroxyl groups is 1. The van der Waals surface area contributed by atoms with Crippen LogP contribution < -0.4 is 0 Å². The van der Waals surface area contributed by atoms with E-state index in [1.807, 2.05) is 71.4 Å². The third kappa shape index (κ3) is 8.98. The van der Waals surface area contributed by atoms with E-state index < -0.39 is 29.4 Å². The van der Waals surface area contributed by atoms with Crippen LogP contribution in [0.25, 0.3) is 83.9 Å². The minimum Gasteiger partial charge on any atom is -0.507 e. The number of phenolic OH excluding ortho intramolecular Hbond substituents is 1. The van der Waals surface area contributed by atoms with Gasteiger partial charge in [-0.05, 0) is 127 Å². The molecule has 2 heterocycles. The van der Waals surface area contributed by atoms with Crippen LogP contribution in [0.5, 0.6) is 5.75 Å². The summed E-state index contributed by atoms with van der Waals surface area (Å²) >= 11 is 0. The monoisotopic (exact) mass is 884 g/mol. The second kappa shape index (κ2) is 17.3. The van der Waals surface area contributed by atoms with Gasteiger partial charge in [-0.3, -0.25) is 9.55 Å². The molecule has 0 aliphatic carbocycles. The molecule has 4 nitrogen and oxygen atoms in total. The highest BCUT2D eigenvalue weighted by Gasteiger charge is 2.29. The molecule has 9 rings (SSSR count). The Morgan fingerprint density at radius 2 is 1.21 bits per heavy atom. The quantitative estimate of drug-likeness (QED) is 0.165. The van der Waals surface area contributed by atoms with Crippen molar-refractivity contribution in [1.29, 1.82) is 0 Å². The zero-order valence-electron chi connectivity index (χ0n) is 46.6. The molecular formula is C63H63N3O. The molecule has 0 bridgehead atoms. The fraction of sp³-hybridized carbons (Fsp3) is 0.238. The summed E-state index contributed by atoms with van der Waals surface area (Å²) in [6, 6.07) is 43.0. The summed E-state index contributed by atoms with van der Waals surface area (Å²) < 4.78 is 55.6. The van der Waals surface area contributed by atoms with Crippen LogP contribution in [-0.4, -0.2) is 19.6 Å². The molecule has 0 amide bonds. The first-order valence-corrected chi connectivity index (χ1v) is 23.1. The second-order valence-corrected chi connectivity index (χ2v) is 21.0. The predicted octanol–water partition coefficient (Wildman–Crippen LogP) is 17.1. The van der Waals surface area contributed by atoms with Crippen LogP contribution >= 0.6 is 0 Å². The van der Waals surface area contributed by atoms with Gasteiger partial charge in [-0.25, -0.2) is 4.98 Å². The molecule has 0 saturated heterocycles. The molecule has 0 unspecified atom stereocenters. The molecule has 0 aliphatic rings. The van der Waals surface area contributed by atoms with Gasteiger partial charge in [0.1, 0.15) is 11.6 Å². The van der Waals surface area contributed by atoms with E-state index in [1.54, 1.807) is 19.9 Å². The van der Waals surface area contributed by atoms with Crippen molar-refractivity contribution in [3.8, 4) is 78.6 Å². The SMILES string of the molecule is [2H]c1c([2H])c([2H])c(-c2cc(C([2H])(C)C)ccc2-n2c(-c3cc(C(C)(C)C)cc(C(C)(C)C)c3O)nc3c(-c4cc(-c5ccccc5)cc(-c5cc(-c6ccc(C(C)(C)C)cc6)ccn5)c4)cccc32)c([2H])c1[2H]. The van der Waals surface area contributed by atoms with Gasteiger partial charge in [0.25, 0.3) is 0 Å². The molecule has 7 aromatic carbocycles. The summed E-state index contributed by atoms with van der Waals surface area (Å²) in [5, 5.41) is 12.6. The average molecular weight is 884 g/mol. The van der Waals surface area contributed by atoms with Crippen molar-refractivity contribution < 1.29 is 13.3 Å². The van der Waals surface area contributed by atoms with Gasteiger partial charge in [0.15, 0.2) is 0 Å². The Kier molecular flexibility index (Phi) is 9.85. The predicted molar refractivity (Wildman–Crippen MR) is 283 cm³/mol. The summed E-state index contributed by atoms with van der Waals surface area (Å²) in [6.45, 7) is 22.8. The third-order valence-corrected chi connectivity index (χ3v) is 12.8. The van der Waals surface area contributed by atoms with Crippen LogP contribution in [0, 0.1) is 0 Å². The number of rotatable bonds is 8. The van der Waals surface area contributed by atoms with Crippen LogP contribution in [0.2, 0.25) is 0 Å². The van der Waals surface area contributed by atoms with E-state index in [2.05, 4.69) is 129 Å².